The number of anilines is 2. The van der Waals surface area contributed by atoms with Crippen molar-refractivity contribution in [3.63, 3.8) is 0 Å². The molecule has 0 aliphatic carbocycles. The van der Waals surface area contributed by atoms with Gasteiger partial charge in [0.2, 0.25) is 0 Å². The van der Waals surface area contributed by atoms with Crippen molar-refractivity contribution in [2.75, 3.05) is 12.4 Å². The van der Waals surface area contributed by atoms with Crippen LogP contribution in [0.25, 0.3) is 16.7 Å². The van der Waals surface area contributed by atoms with E-state index in [9.17, 15) is 0 Å². The third kappa shape index (κ3) is 2.95. The second-order valence-corrected chi connectivity index (χ2v) is 6.26. The molecule has 2 heterocycles. The van der Waals surface area contributed by atoms with Gasteiger partial charge >= 0.3 is 0 Å². The topological polar surface area (TPSA) is 64.9 Å². The Morgan fingerprint density at radius 1 is 1.12 bits per heavy atom. The first-order valence-electron chi connectivity index (χ1n) is 8.02. The van der Waals surface area contributed by atoms with E-state index in [2.05, 4.69) is 26.4 Å². The summed E-state index contributed by atoms with van der Waals surface area (Å²) in [6.45, 7) is 2.04. The fourth-order valence-electron chi connectivity index (χ4n) is 2.80. The van der Waals surface area contributed by atoms with Gasteiger partial charge in [-0.15, -0.1) is 0 Å². The van der Waals surface area contributed by atoms with E-state index in [1.54, 1.807) is 36.2 Å². The maximum absolute atomic E-state index is 6.11. The molecule has 0 unspecified atom stereocenters. The maximum atomic E-state index is 6.11. The van der Waals surface area contributed by atoms with Crippen LogP contribution in [0, 0.1) is 6.92 Å². The van der Waals surface area contributed by atoms with Gasteiger partial charge in [0.05, 0.1) is 30.1 Å². The molecule has 1 N–H and O–H groups in total. The quantitative estimate of drug-likeness (QED) is 0.575. The van der Waals surface area contributed by atoms with Gasteiger partial charge in [-0.2, -0.15) is 5.10 Å². The highest BCUT2D eigenvalue weighted by Gasteiger charge is 2.13. The lowest BCUT2D eigenvalue weighted by Crippen LogP contribution is -2.00. The molecule has 0 saturated carbocycles. The molecule has 0 aliphatic heterocycles. The van der Waals surface area contributed by atoms with Gasteiger partial charge in [0.1, 0.15) is 17.9 Å². The van der Waals surface area contributed by atoms with Crippen molar-refractivity contribution in [3.05, 3.63) is 65.6 Å². The highest BCUT2D eigenvalue weighted by atomic mass is 35.5. The number of ether oxygens (including phenoxy) is 1. The van der Waals surface area contributed by atoms with E-state index in [0.29, 0.717) is 22.2 Å². The highest BCUT2D eigenvalue weighted by molar-refractivity contribution is 6.31. The predicted molar refractivity (Wildman–Crippen MR) is 103 cm³/mol. The molecule has 2 aromatic carbocycles. The second-order valence-electron chi connectivity index (χ2n) is 5.82. The van der Waals surface area contributed by atoms with Crippen LogP contribution < -0.4 is 10.1 Å². The van der Waals surface area contributed by atoms with Crippen LogP contribution in [0.2, 0.25) is 5.02 Å². The largest absolute Gasteiger partial charge is 0.495 e. The summed E-state index contributed by atoms with van der Waals surface area (Å²) in [6, 6.07) is 13.5. The minimum absolute atomic E-state index is 0.606. The lowest BCUT2D eigenvalue weighted by molar-refractivity contribution is 0.417. The Labute approximate surface area is 155 Å². The van der Waals surface area contributed by atoms with Crippen LogP contribution in [0.15, 0.2) is 55.0 Å². The van der Waals surface area contributed by atoms with E-state index in [-0.39, 0.29) is 0 Å². The van der Waals surface area contributed by atoms with Crippen molar-refractivity contribution < 1.29 is 4.74 Å². The van der Waals surface area contributed by atoms with Crippen molar-refractivity contribution in [3.8, 4) is 11.4 Å². The Morgan fingerprint density at radius 2 is 2.00 bits per heavy atom. The van der Waals surface area contributed by atoms with Crippen LogP contribution in [-0.4, -0.2) is 26.9 Å². The van der Waals surface area contributed by atoms with E-state index in [1.807, 2.05) is 25.1 Å². The summed E-state index contributed by atoms with van der Waals surface area (Å²) in [6.07, 6.45) is 3.26. The highest BCUT2D eigenvalue weighted by Crippen LogP contribution is 2.32. The first-order chi connectivity index (χ1) is 12.7. The van der Waals surface area contributed by atoms with E-state index in [0.717, 1.165) is 22.3 Å². The fourth-order valence-corrected chi connectivity index (χ4v) is 2.97. The average molecular weight is 366 g/mol. The number of methoxy groups -OCH3 is 1. The fraction of sp³-hybridized carbons (Fsp3) is 0.105. The van der Waals surface area contributed by atoms with Gasteiger partial charge in [0, 0.05) is 5.02 Å². The predicted octanol–water partition coefficient (Wildman–Crippen LogP) is 4.53. The van der Waals surface area contributed by atoms with Crippen LogP contribution in [0.4, 0.5) is 11.5 Å². The SMILES string of the molecule is COc1ccc(Cl)cc1Nc1ncnc2c1cnn2-c1cccc(C)c1. The molecule has 4 aromatic rings. The Kier molecular flexibility index (Phi) is 4.18. The molecule has 0 atom stereocenters. The molecular weight excluding hydrogens is 350 g/mol. The van der Waals surface area contributed by atoms with Crippen LogP contribution in [0.5, 0.6) is 5.75 Å². The minimum Gasteiger partial charge on any atom is -0.495 e. The number of hydrogen-bond donors (Lipinski definition) is 1. The summed E-state index contributed by atoms with van der Waals surface area (Å²) in [7, 11) is 1.61. The molecule has 0 amide bonds. The second kappa shape index (κ2) is 6.65. The van der Waals surface area contributed by atoms with E-state index >= 15 is 0 Å². The van der Waals surface area contributed by atoms with Crippen LogP contribution >= 0.6 is 11.6 Å². The maximum Gasteiger partial charge on any atom is 0.168 e. The summed E-state index contributed by atoms with van der Waals surface area (Å²) < 4.78 is 7.18. The van der Waals surface area contributed by atoms with Gasteiger partial charge in [-0.05, 0) is 42.8 Å². The molecule has 7 heteroatoms. The number of nitrogens with one attached hydrogen (secondary N) is 1. The third-order valence-electron chi connectivity index (χ3n) is 4.03. The van der Waals surface area contributed by atoms with Gasteiger partial charge < -0.3 is 10.1 Å². The molecule has 4 rings (SSSR count). The van der Waals surface area contributed by atoms with Crippen molar-refractivity contribution in [1.29, 1.82) is 0 Å². The van der Waals surface area contributed by atoms with Crippen LogP contribution in [-0.2, 0) is 0 Å². The zero-order chi connectivity index (χ0) is 18.1. The monoisotopic (exact) mass is 365 g/mol. The number of hydrogen-bond acceptors (Lipinski definition) is 5. The zero-order valence-corrected chi connectivity index (χ0v) is 15.0. The number of rotatable bonds is 4. The number of halogens is 1. The van der Waals surface area contributed by atoms with Gasteiger partial charge in [-0.25, -0.2) is 14.6 Å². The van der Waals surface area contributed by atoms with Crippen molar-refractivity contribution in [2.24, 2.45) is 0 Å². The smallest absolute Gasteiger partial charge is 0.168 e. The Bertz CT molecular complexity index is 1090. The van der Waals surface area contributed by atoms with Crippen LogP contribution in [0.3, 0.4) is 0 Å². The molecule has 0 radical (unpaired) electrons. The van der Waals surface area contributed by atoms with Crippen molar-refractivity contribution in [1.82, 2.24) is 19.7 Å². The lowest BCUT2D eigenvalue weighted by atomic mass is 10.2. The van der Waals surface area contributed by atoms with Gasteiger partial charge in [-0.3, -0.25) is 0 Å². The molecule has 130 valence electrons. The first-order valence-corrected chi connectivity index (χ1v) is 8.40. The van der Waals surface area contributed by atoms with Crippen LogP contribution in [0.1, 0.15) is 5.56 Å². The molecular formula is C19H16ClN5O. The first kappa shape index (κ1) is 16.4. The number of nitrogens with zero attached hydrogens (tertiary/aromatic N) is 4. The van der Waals surface area contributed by atoms with Gasteiger partial charge in [0.25, 0.3) is 0 Å². The number of fused-ring (bicyclic) bond motifs is 1. The summed E-state index contributed by atoms with van der Waals surface area (Å²) in [5.41, 5.74) is 3.55. The van der Waals surface area contributed by atoms with Crippen molar-refractivity contribution >= 4 is 34.1 Å². The molecule has 6 nitrogen and oxygen atoms in total. The molecule has 0 saturated heterocycles. The molecule has 26 heavy (non-hydrogen) atoms. The molecule has 0 fully saturated rings. The normalized spacial score (nSPS) is 10.9. The molecule has 0 aliphatic rings. The molecule has 0 spiro atoms. The number of aryl methyl sites for hydroxylation is 1. The third-order valence-corrected chi connectivity index (χ3v) is 4.26. The Hall–Kier alpha value is -3.12. The zero-order valence-electron chi connectivity index (χ0n) is 14.3. The van der Waals surface area contributed by atoms with Crippen molar-refractivity contribution in [2.45, 2.75) is 6.92 Å². The molecule has 0 bridgehead atoms. The minimum atomic E-state index is 0.606. The summed E-state index contributed by atoms with van der Waals surface area (Å²) in [5.74, 6) is 1.31. The van der Waals surface area contributed by atoms with Gasteiger partial charge in [0.15, 0.2) is 5.65 Å². The average Bonchev–Trinajstić information content (AvgIpc) is 3.07. The summed E-state index contributed by atoms with van der Waals surface area (Å²) in [4.78, 5) is 8.76. The number of benzene rings is 2. The van der Waals surface area contributed by atoms with Gasteiger partial charge in [-0.1, -0.05) is 23.7 Å². The number of aromatic nitrogens is 4. The van der Waals surface area contributed by atoms with E-state index in [4.69, 9.17) is 16.3 Å². The lowest BCUT2D eigenvalue weighted by Gasteiger charge is -2.11. The summed E-state index contributed by atoms with van der Waals surface area (Å²) in [5, 5.41) is 9.16. The molecule has 2 aromatic heterocycles. The standard InChI is InChI=1S/C19H16ClN5O/c1-12-4-3-5-14(8-12)25-19-15(10-23-25)18(21-11-22-19)24-16-9-13(20)6-7-17(16)26-2/h3-11H,1-2H3,(H,21,22,24). The Morgan fingerprint density at radius 3 is 2.81 bits per heavy atom. The Balaban J connectivity index is 1.80. The summed E-state index contributed by atoms with van der Waals surface area (Å²) >= 11 is 6.11. The van der Waals surface area contributed by atoms with E-state index < -0.39 is 0 Å². The van der Waals surface area contributed by atoms with E-state index in [1.165, 1.54) is 6.33 Å².